The molecular formula is C20H28N4O. The molecule has 2 aromatic heterocycles. The van der Waals surface area contributed by atoms with E-state index >= 15 is 0 Å². The van der Waals surface area contributed by atoms with Crippen LogP contribution < -0.4 is 0 Å². The van der Waals surface area contributed by atoms with Gasteiger partial charge in [-0.2, -0.15) is 0 Å². The Balaban J connectivity index is 1.75. The summed E-state index contributed by atoms with van der Waals surface area (Å²) in [5.41, 5.74) is 3.37. The molecule has 134 valence electrons. The molecule has 2 aliphatic rings. The maximum absolute atomic E-state index is 13.3. The van der Waals surface area contributed by atoms with Gasteiger partial charge in [0.25, 0.3) is 5.91 Å². The van der Waals surface area contributed by atoms with E-state index in [0.717, 1.165) is 67.1 Å². The molecule has 4 heterocycles. The van der Waals surface area contributed by atoms with Crippen LogP contribution in [0.1, 0.15) is 67.3 Å². The lowest BCUT2D eigenvalue weighted by molar-refractivity contribution is 0.0762. The Hall–Kier alpha value is -1.91. The first-order valence-corrected chi connectivity index (χ1v) is 9.79. The number of imidazole rings is 1. The van der Waals surface area contributed by atoms with Crippen LogP contribution in [0.2, 0.25) is 0 Å². The molecule has 4 rings (SSSR count). The van der Waals surface area contributed by atoms with E-state index in [4.69, 9.17) is 9.97 Å². The Kier molecular flexibility index (Phi) is 4.48. The normalized spacial score (nSPS) is 21.7. The predicted molar refractivity (Wildman–Crippen MR) is 98.7 cm³/mol. The topological polar surface area (TPSA) is 51.0 Å². The number of hydrogen-bond donors (Lipinski definition) is 0. The molecule has 25 heavy (non-hydrogen) atoms. The molecule has 1 atom stereocenters. The molecule has 5 nitrogen and oxygen atoms in total. The number of rotatable bonds is 1. The third kappa shape index (κ3) is 3.16. The molecule has 1 saturated heterocycles. The van der Waals surface area contributed by atoms with Crippen LogP contribution in [0.25, 0.3) is 11.2 Å². The molecule has 2 aromatic rings. The molecule has 1 unspecified atom stereocenters. The number of aryl methyl sites for hydroxylation is 3. The zero-order valence-electron chi connectivity index (χ0n) is 15.4. The van der Waals surface area contributed by atoms with Gasteiger partial charge in [0.05, 0.1) is 5.56 Å². The fourth-order valence-corrected chi connectivity index (χ4v) is 4.22. The number of carbonyl (C=O) groups excluding carboxylic acids is 1. The molecule has 0 saturated carbocycles. The quantitative estimate of drug-likeness (QED) is 0.795. The number of pyridine rings is 1. The second-order valence-corrected chi connectivity index (χ2v) is 7.80. The van der Waals surface area contributed by atoms with Crippen LogP contribution in [-0.4, -0.2) is 38.4 Å². The van der Waals surface area contributed by atoms with Crippen molar-refractivity contribution in [1.29, 1.82) is 0 Å². The minimum absolute atomic E-state index is 0.137. The van der Waals surface area contributed by atoms with Crippen molar-refractivity contribution < 1.29 is 4.79 Å². The van der Waals surface area contributed by atoms with Crippen LogP contribution in [-0.2, 0) is 13.0 Å². The van der Waals surface area contributed by atoms with Gasteiger partial charge in [0, 0.05) is 31.7 Å². The number of amides is 1. The van der Waals surface area contributed by atoms with Crippen LogP contribution in [0.4, 0.5) is 0 Å². The van der Waals surface area contributed by atoms with Crippen LogP contribution in [0.5, 0.6) is 0 Å². The van der Waals surface area contributed by atoms with Crippen molar-refractivity contribution in [2.45, 2.75) is 65.3 Å². The van der Waals surface area contributed by atoms with Gasteiger partial charge < -0.3 is 9.47 Å². The Labute approximate surface area is 149 Å². The van der Waals surface area contributed by atoms with Gasteiger partial charge in [-0.15, -0.1) is 0 Å². The summed E-state index contributed by atoms with van der Waals surface area (Å²) in [6, 6.07) is 1.94. The first-order chi connectivity index (χ1) is 12.1. The lowest BCUT2D eigenvalue weighted by atomic mass is 10.0. The third-order valence-corrected chi connectivity index (χ3v) is 5.73. The molecular weight excluding hydrogens is 312 g/mol. The van der Waals surface area contributed by atoms with Gasteiger partial charge in [-0.05, 0) is 51.0 Å². The molecule has 0 bridgehead atoms. The van der Waals surface area contributed by atoms with Crippen LogP contribution >= 0.6 is 0 Å². The highest BCUT2D eigenvalue weighted by Crippen LogP contribution is 2.26. The maximum Gasteiger partial charge on any atom is 0.256 e. The summed E-state index contributed by atoms with van der Waals surface area (Å²) in [5.74, 6) is 1.95. The van der Waals surface area contributed by atoms with Crippen molar-refractivity contribution in [3.05, 3.63) is 23.1 Å². The fourth-order valence-electron chi connectivity index (χ4n) is 4.22. The number of hydrogen-bond acceptors (Lipinski definition) is 3. The van der Waals surface area contributed by atoms with Gasteiger partial charge in [-0.25, -0.2) is 9.97 Å². The summed E-state index contributed by atoms with van der Waals surface area (Å²) in [7, 11) is 0. The fraction of sp³-hybridized carbons (Fsp3) is 0.650. The van der Waals surface area contributed by atoms with E-state index in [1.165, 1.54) is 25.7 Å². The molecule has 0 aromatic carbocycles. The Morgan fingerprint density at radius 3 is 2.84 bits per heavy atom. The average Bonchev–Trinajstić information content (AvgIpc) is 2.78. The Morgan fingerprint density at radius 1 is 1.08 bits per heavy atom. The number of nitrogens with zero attached hydrogens (tertiary/aromatic N) is 4. The average molecular weight is 340 g/mol. The smallest absolute Gasteiger partial charge is 0.256 e. The number of aromatic nitrogens is 3. The third-order valence-electron chi connectivity index (χ3n) is 5.73. The summed E-state index contributed by atoms with van der Waals surface area (Å²) in [5, 5.41) is 0. The van der Waals surface area contributed by atoms with Gasteiger partial charge >= 0.3 is 0 Å². The summed E-state index contributed by atoms with van der Waals surface area (Å²) in [6.07, 6.45) is 7.99. The van der Waals surface area contributed by atoms with Gasteiger partial charge in [0.1, 0.15) is 11.3 Å². The van der Waals surface area contributed by atoms with Crippen molar-refractivity contribution in [3.63, 3.8) is 0 Å². The Morgan fingerprint density at radius 2 is 1.96 bits per heavy atom. The number of carbonyl (C=O) groups is 1. The van der Waals surface area contributed by atoms with Crippen LogP contribution in [0.15, 0.2) is 6.07 Å². The monoisotopic (exact) mass is 340 g/mol. The summed E-state index contributed by atoms with van der Waals surface area (Å²) >= 11 is 0. The van der Waals surface area contributed by atoms with E-state index in [0.29, 0.717) is 5.92 Å². The van der Waals surface area contributed by atoms with Gasteiger partial charge in [0.15, 0.2) is 5.65 Å². The highest BCUT2D eigenvalue weighted by molar-refractivity contribution is 6.04. The second kappa shape index (κ2) is 6.77. The predicted octanol–water partition coefficient (Wildman–Crippen LogP) is 3.73. The van der Waals surface area contributed by atoms with Crippen molar-refractivity contribution in [3.8, 4) is 0 Å². The highest BCUT2D eigenvalue weighted by Gasteiger charge is 2.25. The largest absolute Gasteiger partial charge is 0.339 e. The first-order valence-electron chi connectivity index (χ1n) is 9.79. The minimum atomic E-state index is 0.137. The molecule has 0 N–H and O–H groups in total. The zero-order chi connectivity index (χ0) is 17.4. The van der Waals surface area contributed by atoms with Crippen molar-refractivity contribution in [1.82, 2.24) is 19.4 Å². The van der Waals surface area contributed by atoms with Crippen LogP contribution in [0, 0.1) is 12.8 Å². The molecule has 0 aliphatic carbocycles. The lowest BCUT2D eigenvalue weighted by Gasteiger charge is -2.21. The summed E-state index contributed by atoms with van der Waals surface area (Å²) in [6.45, 7) is 6.96. The summed E-state index contributed by atoms with van der Waals surface area (Å²) < 4.78 is 2.25. The molecule has 0 spiro atoms. The van der Waals surface area contributed by atoms with E-state index < -0.39 is 0 Å². The van der Waals surface area contributed by atoms with E-state index in [1.807, 2.05) is 17.9 Å². The molecule has 1 fully saturated rings. The van der Waals surface area contributed by atoms with Crippen molar-refractivity contribution in [2.24, 2.45) is 5.92 Å². The second-order valence-electron chi connectivity index (χ2n) is 7.80. The molecule has 0 radical (unpaired) electrons. The van der Waals surface area contributed by atoms with Gasteiger partial charge in [0.2, 0.25) is 0 Å². The molecule has 5 heteroatoms. The van der Waals surface area contributed by atoms with Gasteiger partial charge in [-0.1, -0.05) is 13.3 Å². The Bertz CT molecular complexity index is 795. The van der Waals surface area contributed by atoms with E-state index in [1.54, 1.807) is 0 Å². The van der Waals surface area contributed by atoms with Crippen LogP contribution in [0.3, 0.4) is 0 Å². The highest BCUT2D eigenvalue weighted by atomic mass is 16.2. The standard InChI is InChI=1S/C20H28N4O/c1-14-7-6-10-23(12-9-14)20(25)16-13-15(2)21-19-18(16)22-17-8-4-3-5-11-24(17)19/h13-14H,3-12H2,1-2H3. The SMILES string of the molecule is Cc1cc(C(=O)N2CCCC(C)CC2)c2nc3n(c2n1)CCCCC3. The lowest BCUT2D eigenvalue weighted by Crippen LogP contribution is -2.32. The van der Waals surface area contributed by atoms with E-state index in [9.17, 15) is 4.79 Å². The minimum Gasteiger partial charge on any atom is -0.339 e. The van der Waals surface area contributed by atoms with Gasteiger partial charge in [-0.3, -0.25) is 4.79 Å². The zero-order valence-corrected chi connectivity index (χ0v) is 15.4. The van der Waals surface area contributed by atoms with E-state index in [2.05, 4.69) is 11.5 Å². The van der Waals surface area contributed by atoms with Crippen molar-refractivity contribution >= 4 is 17.1 Å². The molecule has 1 amide bonds. The number of likely N-dealkylation sites (tertiary alicyclic amines) is 1. The summed E-state index contributed by atoms with van der Waals surface area (Å²) in [4.78, 5) is 24.9. The maximum atomic E-state index is 13.3. The molecule has 2 aliphatic heterocycles. The van der Waals surface area contributed by atoms with Crippen molar-refractivity contribution in [2.75, 3.05) is 13.1 Å². The van der Waals surface area contributed by atoms with E-state index in [-0.39, 0.29) is 5.91 Å². The first kappa shape index (κ1) is 16.6. The number of fused-ring (bicyclic) bond motifs is 3.